The van der Waals surface area contributed by atoms with Crippen LogP contribution in [0.5, 0.6) is 0 Å². The van der Waals surface area contributed by atoms with Gasteiger partial charge in [-0.15, -0.1) is 23.1 Å². The Kier molecular flexibility index (Phi) is 1.25. The van der Waals surface area contributed by atoms with E-state index in [9.17, 15) is 0 Å². The van der Waals surface area contributed by atoms with Crippen molar-refractivity contribution in [2.24, 2.45) is 0 Å². The van der Waals surface area contributed by atoms with Gasteiger partial charge in [0.25, 0.3) is 7.41 Å². The van der Waals surface area contributed by atoms with Gasteiger partial charge >= 0.3 is 0 Å². The summed E-state index contributed by atoms with van der Waals surface area (Å²) in [7, 11) is 2.22. The average Bonchev–Trinajstić information content (AvgIpc) is 2.62. The van der Waals surface area contributed by atoms with Crippen molar-refractivity contribution in [1.29, 1.82) is 0 Å². The minimum Gasteiger partial charge on any atom is -0.402 e. The second-order valence-electron chi connectivity index (χ2n) is 3.13. The molecule has 2 aliphatic rings. The molecule has 59 valence electrons. The zero-order valence-corrected chi connectivity index (χ0v) is 8.28. The second kappa shape index (κ2) is 2.12. The van der Waals surface area contributed by atoms with Crippen LogP contribution in [0.1, 0.15) is 11.8 Å². The summed E-state index contributed by atoms with van der Waals surface area (Å²) in [5, 5.41) is 4.34. The summed E-state index contributed by atoms with van der Waals surface area (Å²) < 4.78 is 0. The molecular weight excluding hydrogens is 185 g/mol. The number of hydrogen-bond donors (Lipinski definition) is 0. The van der Waals surface area contributed by atoms with Gasteiger partial charge in [0.2, 0.25) is 0 Å². The van der Waals surface area contributed by atoms with Crippen LogP contribution in [0, 0.1) is 0 Å². The van der Waals surface area contributed by atoms with Crippen molar-refractivity contribution >= 4 is 36.0 Å². The largest absolute Gasteiger partial charge is 0.402 e. The first-order chi connectivity index (χ1) is 5.81. The first-order valence-electron chi connectivity index (χ1n) is 3.86. The predicted molar refractivity (Wildman–Crippen MR) is 55.6 cm³/mol. The van der Waals surface area contributed by atoms with Crippen LogP contribution in [0.25, 0.3) is 0 Å². The quantitative estimate of drug-likeness (QED) is 0.575. The molecule has 4 heteroatoms. The van der Waals surface area contributed by atoms with Crippen molar-refractivity contribution in [3.8, 4) is 0 Å². The molecule has 0 aromatic carbocycles. The number of thioether (sulfide) groups is 1. The molecule has 2 aliphatic heterocycles. The van der Waals surface area contributed by atoms with E-state index in [-0.39, 0.29) is 4.87 Å². The summed E-state index contributed by atoms with van der Waals surface area (Å²) in [4.78, 5) is 3.94. The summed E-state index contributed by atoms with van der Waals surface area (Å²) in [6.45, 7) is 2.27. The third-order valence-corrected chi connectivity index (χ3v) is 4.81. The fraction of sp³-hybridized carbons (Fsp3) is 0.250. The topological polar surface area (TPSA) is 3.24 Å². The Balaban J connectivity index is 2.19. The first kappa shape index (κ1) is 7.10. The van der Waals surface area contributed by atoms with Gasteiger partial charge in [-0.05, 0) is 29.4 Å². The molecule has 0 fully saturated rings. The molecule has 0 amide bonds. The van der Waals surface area contributed by atoms with Crippen molar-refractivity contribution < 1.29 is 0 Å². The Hall–Kier alpha value is -0.345. The summed E-state index contributed by atoms with van der Waals surface area (Å²) in [5.74, 6) is 0. The SMILES string of the molecule is CC12SC=CN1[B]c1ccsc12. The third-order valence-electron chi connectivity index (χ3n) is 2.41. The minimum atomic E-state index is 0.170. The van der Waals surface area contributed by atoms with E-state index in [1.165, 1.54) is 10.3 Å². The Bertz CT molecular complexity index is 360. The van der Waals surface area contributed by atoms with Crippen LogP contribution >= 0.6 is 23.1 Å². The van der Waals surface area contributed by atoms with Gasteiger partial charge in [0.05, 0.1) is 0 Å². The molecule has 0 N–H and O–H groups in total. The highest BCUT2D eigenvalue weighted by Gasteiger charge is 2.43. The van der Waals surface area contributed by atoms with Crippen LogP contribution in [-0.4, -0.2) is 12.2 Å². The normalized spacial score (nSPS) is 30.2. The lowest BCUT2D eigenvalue weighted by atomic mass is 9.86. The average molecular weight is 192 g/mol. The monoisotopic (exact) mass is 192 g/mol. The van der Waals surface area contributed by atoms with E-state index in [4.69, 9.17) is 0 Å². The van der Waals surface area contributed by atoms with E-state index in [1.807, 2.05) is 23.1 Å². The standard InChI is InChI=1S/C8H7BNS2/c1-8-7-6(2-4-11-7)9-10(8)3-5-12-8/h2-5H,1H3. The summed E-state index contributed by atoms with van der Waals surface area (Å²) >= 11 is 3.74. The third kappa shape index (κ3) is 0.678. The van der Waals surface area contributed by atoms with E-state index < -0.39 is 0 Å². The summed E-state index contributed by atoms with van der Waals surface area (Å²) in [6.07, 6.45) is 2.15. The maximum atomic E-state index is 2.29. The molecule has 1 nitrogen and oxygen atoms in total. The molecule has 0 aliphatic carbocycles. The van der Waals surface area contributed by atoms with Crippen LogP contribution in [0.15, 0.2) is 23.1 Å². The highest BCUT2D eigenvalue weighted by Crippen LogP contribution is 2.48. The Morgan fingerprint density at radius 3 is 3.42 bits per heavy atom. The molecule has 3 rings (SSSR count). The number of rotatable bonds is 0. The lowest BCUT2D eigenvalue weighted by Gasteiger charge is -2.28. The molecule has 1 aromatic heterocycles. The van der Waals surface area contributed by atoms with Gasteiger partial charge < -0.3 is 4.81 Å². The van der Waals surface area contributed by atoms with Gasteiger partial charge in [0.1, 0.15) is 4.87 Å². The van der Waals surface area contributed by atoms with Gasteiger partial charge in [-0.3, -0.25) is 0 Å². The zero-order chi connectivity index (χ0) is 8.18. The Labute approximate surface area is 80.7 Å². The van der Waals surface area contributed by atoms with Crippen molar-refractivity contribution in [2.75, 3.05) is 0 Å². The fourth-order valence-corrected chi connectivity index (χ4v) is 3.85. The van der Waals surface area contributed by atoms with Crippen LogP contribution < -0.4 is 5.46 Å². The Morgan fingerprint density at radius 1 is 1.58 bits per heavy atom. The van der Waals surface area contributed by atoms with Crippen molar-refractivity contribution in [3.05, 3.63) is 27.9 Å². The number of nitrogens with zero attached hydrogens (tertiary/aromatic N) is 1. The summed E-state index contributed by atoms with van der Waals surface area (Å²) in [5.41, 5.74) is 1.39. The maximum Gasteiger partial charge on any atom is 0.287 e. The molecule has 0 spiro atoms. The van der Waals surface area contributed by atoms with E-state index in [1.54, 1.807) is 0 Å². The number of thiophene rings is 1. The smallest absolute Gasteiger partial charge is 0.287 e. The molecule has 0 saturated carbocycles. The molecule has 1 radical (unpaired) electrons. The molecule has 3 heterocycles. The lowest BCUT2D eigenvalue weighted by Crippen LogP contribution is -2.30. The van der Waals surface area contributed by atoms with Crippen LogP contribution in [0.2, 0.25) is 0 Å². The molecule has 0 saturated heterocycles. The zero-order valence-electron chi connectivity index (χ0n) is 6.65. The van der Waals surface area contributed by atoms with Crippen molar-refractivity contribution in [2.45, 2.75) is 11.8 Å². The van der Waals surface area contributed by atoms with E-state index in [0.717, 1.165) is 0 Å². The molecule has 0 bridgehead atoms. The predicted octanol–water partition coefficient (Wildman–Crippen LogP) is 1.70. The van der Waals surface area contributed by atoms with Gasteiger partial charge in [-0.1, -0.05) is 6.07 Å². The van der Waals surface area contributed by atoms with Gasteiger partial charge in [-0.2, -0.15) is 0 Å². The molecular formula is C8H7BNS2. The molecule has 12 heavy (non-hydrogen) atoms. The van der Waals surface area contributed by atoms with Crippen LogP contribution in [-0.2, 0) is 4.87 Å². The van der Waals surface area contributed by atoms with Gasteiger partial charge in [0, 0.05) is 4.88 Å². The molecule has 1 aromatic rings. The lowest BCUT2D eigenvalue weighted by molar-refractivity contribution is 0.454. The molecule has 1 unspecified atom stereocenters. The first-order valence-corrected chi connectivity index (χ1v) is 5.62. The van der Waals surface area contributed by atoms with E-state index >= 15 is 0 Å². The fourth-order valence-electron chi connectivity index (χ4n) is 1.72. The highest BCUT2D eigenvalue weighted by molar-refractivity contribution is 8.03. The Morgan fingerprint density at radius 2 is 2.50 bits per heavy atom. The number of fused-ring (bicyclic) bond motifs is 3. The minimum absolute atomic E-state index is 0.170. The van der Waals surface area contributed by atoms with Crippen LogP contribution in [0.4, 0.5) is 0 Å². The molecule has 1 atom stereocenters. The second-order valence-corrected chi connectivity index (χ2v) is 5.35. The van der Waals surface area contributed by atoms with E-state index in [0.29, 0.717) is 0 Å². The summed E-state index contributed by atoms with van der Waals surface area (Å²) in [6, 6.07) is 2.19. The van der Waals surface area contributed by atoms with E-state index in [2.05, 4.69) is 42.2 Å². The van der Waals surface area contributed by atoms with Crippen molar-refractivity contribution in [3.63, 3.8) is 0 Å². The highest BCUT2D eigenvalue weighted by atomic mass is 32.2. The van der Waals surface area contributed by atoms with Gasteiger partial charge in [-0.25, -0.2) is 0 Å². The maximum absolute atomic E-state index is 2.29. The van der Waals surface area contributed by atoms with Crippen molar-refractivity contribution in [1.82, 2.24) is 4.81 Å². The van der Waals surface area contributed by atoms with Gasteiger partial charge in [0.15, 0.2) is 0 Å². The van der Waals surface area contributed by atoms with Crippen LogP contribution in [0.3, 0.4) is 0 Å². The number of hydrogen-bond acceptors (Lipinski definition) is 3.